The zero-order valence-electron chi connectivity index (χ0n) is 9.52. The average Bonchev–Trinajstić information content (AvgIpc) is 2.33. The van der Waals surface area contributed by atoms with Crippen LogP contribution in [0.1, 0.15) is 11.4 Å². The Morgan fingerprint density at radius 2 is 1.62 bits per heavy atom. The molecule has 0 amide bonds. The SMILES string of the molecule is CNc1nc(C)c(C)nc1-c1cncnc1. The molecule has 2 heterocycles. The van der Waals surface area contributed by atoms with Crippen LogP contribution in [0.25, 0.3) is 11.3 Å². The summed E-state index contributed by atoms with van der Waals surface area (Å²) in [5.74, 6) is 0.748. The molecule has 0 aliphatic rings. The van der Waals surface area contributed by atoms with Crippen LogP contribution in [0.2, 0.25) is 0 Å². The number of rotatable bonds is 2. The van der Waals surface area contributed by atoms with Gasteiger partial charge in [0.1, 0.15) is 12.0 Å². The minimum Gasteiger partial charge on any atom is -0.371 e. The first-order valence-corrected chi connectivity index (χ1v) is 5.00. The van der Waals surface area contributed by atoms with Crippen molar-refractivity contribution in [3.05, 3.63) is 30.1 Å². The highest BCUT2D eigenvalue weighted by Gasteiger charge is 2.10. The van der Waals surface area contributed by atoms with Gasteiger partial charge in [-0.25, -0.2) is 19.9 Å². The number of nitrogens with zero attached hydrogens (tertiary/aromatic N) is 4. The van der Waals surface area contributed by atoms with Crippen LogP contribution in [0, 0.1) is 13.8 Å². The van der Waals surface area contributed by atoms with Crippen molar-refractivity contribution >= 4 is 5.82 Å². The summed E-state index contributed by atoms with van der Waals surface area (Å²) in [6.07, 6.45) is 4.95. The summed E-state index contributed by atoms with van der Waals surface area (Å²) in [4.78, 5) is 16.9. The minimum atomic E-state index is 0.748. The second-order valence-corrected chi connectivity index (χ2v) is 3.47. The van der Waals surface area contributed by atoms with E-state index in [0.717, 1.165) is 28.5 Å². The third-order valence-corrected chi connectivity index (χ3v) is 2.38. The van der Waals surface area contributed by atoms with Crippen molar-refractivity contribution < 1.29 is 0 Å². The summed E-state index contributed by atoms with van der Waals surface area (Å²) in [6, 6.07) is 0. The van der Waals surface area contributed by atoms with Crippen LogP contribution in [0.5, 0.6) is 0 Å². The number of nitrogens with one attached hydrogen (secondary N) is 1. The Bertz CT molecular complexity index is 495. The van der Waals surface area contributed by atoms with E-state index in [0.29, 0.717) is 0 Å². The van der Waals surface area contributed by atoms with Crippen LogP contribution < -0.4 is 5.32 Å². The maximum atomic E-state index is 4.51. The van der Waals surface area contributed by atoms with Crippen LogP contribution in [0.4, 0.5) is 5.82 Å². The highest BCUT2D eigenvalue weighted by molar-refractivity contribution is 5.70. The standard InChI is InChI=1S/C11H13N5/c1-7-8(2)16-11(12-3)10(15-7)9-4-13-6-14-5-9/h4-6H,1-3H3,(H,12,16). The fourth-order valence-electron chi connectivity index (χ4n) is 1.40. The molecule has 0 bridgehead atoms. The first-order chi connectivity index (χ1) is 7.72. The molecule has 5 nitrogen and oxygen atoms in total. The van der Waals surface area contributed by atoms with Crippen molar-refractivity contribution in [2.24, 2.45) is 0 Å². The average molecular weight is 215 g/mol. The molecule has 2 rings (SSSR count). The number of aryl methyl sites for hydroxylation is 2. The molecule has 0 spiro atoms. The summed E-state index contributed by atoms with van der Waals surface area (Å²) in [5.41, 5.74) is 3.48. The van der Waals surface area contributed by atoms with E-state index in [2.05, 4.69) is 25.3 Å². The zero-order valence-corrected chi connectivity index (χ0v) is 9.52. The van der Waals surface area contributed by atoms with Gasteiger partial charge in [0.15, 0.2) is 5.82 Å². The maximum Gasteiger partial charge on any atom is 0.152 e. The molecule has 2 aromatic heterocycles. The number of hydrogen-bond donors (Lipinski definition) is 1. The largest absolute Gasteiger partial charge is 0.371 e. The summed E-state index contributed by atoms with van der Waals surface area (Å²) >= 11 is 0. The van der Waals surface area contributed by atoms with Gasteiger partial charge in [-0.2, -0.15) is 0 Å². The predicted molar refractivity (Wildman–Crippen MR) is 62.1 cm³/mol. The van der Waals surface area contributed by atoms with Crippen molar-refractivity contribution in [3.63, 3.8) is 0 Å². The molecule has 16 heavy (non-hydrogen) atoms. The van der Waals surface area contributed by atoms with E-state index < -0.39 is 0 Å². The van der Waals surface area contributed by atoms with Gasteiger partial charge in [0.05, 0.1) is 11.4 Å². The van der Waals surface area contributed by atoms with Crippen molar-refractivity contribution in [1.29, 1.82) is 0 Å². The Morgan fingerprint density at radius 1 is 1.00 bits per heavy atom. The third kappa shape index (κ3) is 1.84. The Kier molecular flexibility index (Phi) is 2.76. The first-order valence-electron chi connectivity index (χ1n) is 5.00. The summed E-state index contributed by atoms with van der Waals surface area (Å²) in [5, 5.41) is 3.03. The Morgan fingerprint density at radius 3 is 2.25 bits per heavy atom. The van der Waals surface area contributed by atoms with Gasteiger partial charge in [0, 0.05) is 25.0 Å². The van der Waals surface area contributed by atoms with Gasteiger partial charge in [-0.1, -0.05) is 0 Å². The van der Waals surface area contributed by atoms with E-state index in [9.17, 15) is 0 Å². The summed E-state index contributed by atoms with van der Waals surface area (Å²) in [7, 11) is 1.83. The lowest BCUT2D eigenvalue weighted by Gasteiger charge is -2.09. The molecule has 0 saturated carbocycles. The molecular weight excluding hydrogens is 202 g/mol. The predicted octanol–water partition coefficient (Wildman–Crippen LogP) is 1.59. The van der Waals surface area contributed by atoms with Gasteiger partial charge < -0.3 is 5.32 Å². The lowest BCUT2D eigenvalue weighted by atomic mass is 10.2. The number of hydrogen-bond acceptors (Lipinski definition) is 5. The molecule has 0 fully saturated rings. The summed E-state index contributed by atoms with van der Waals surface area (Å²) < 4.78 is 0. The second-order valence-electron chi connectivity index (χ2n) is 3.47. The number of anilines is 1. The minimum absolute atomic E-state index is 0.748. The zero-order chi connectivity index (χ0) is 11.5. The van der Waals surface area contributed by atoms with Crippen molar-refractivity contribution in [2.45, 2.75) is 13.8 Å². The first kappa shape index (κ1) is 10.5. The quantitative estimate of drug-likeness (QED) is 0.824. The molecule has 0 radical (unpaired) electrons. The van der Waals surface area contributed by atoms with E-state index in [4.69, 9.17) is 0 Å². The lowest BCUT2D eigenvalue weighted by molar-refractivity contribution is 1.04. The van der Waals surface area contributed by atoms with Crippen LogP contribution in [-0.2, 0) is 0 Å². The maximum absolute atomic E-state index is 4.51. The van der Waals surface area contributed by atoms with E-state index >= 15 is 0 Å². The second kappa shape index (κ2) is 4.22. The van der Waals surface area contributed by atoms with Crippen LogP contribution in [0.3, 0.4) is 0 Å². The molecule has 5 heteroatoms. The normalized spacial score (nSPS) is 10.2. The van der Waals surface area contributed by atoms with E-state index in [1.165, 1.54) is 6.33 Å². The Labute approximate surface area is 94.0 Å². The molecule has 0 aromatic carbocycles. The highest BCUT2D eigenvalue weighted by atomic mass is 15.0. The van der Waals surface area contributed by atoms with Gasteiger partial charge in [0.2, 0.25) is 0 Å². The van der Waals surface area contributed by atoms with Gasteiger partial charge in [-0.15, -0.1) is 0 Å². The molecule has 0 unspecified atom stereocenters. The lowest BCUT2D eigenvalue weighted by Crippen LogP contribution is -2.03. The van der Waals surface area contributed by atoms with Crippen LogP contribution in [0.15, 0.2) is 18.7 Å². The van der Waals surface area contributed by atoms with Crippen molar-refractivity contribution in [1.82, 2.24) is 19.9 Å². The molecule has 0 atom stereocenters. The molecule has 0 aliphatic carbocycles. The molecule has 2 aromatic rings. The van der Waals surface area contributed by atoms with Gasteiger partial charge in [0.25, 0.3) is 0 Å². The van der Waals surface area contributed by atoms with E-state index in [1.807, 2.05) is 20.9 Å². The monoisotopic (exact) mass is 215 g/mol. The fraction of sp³-hybridized carbons (Fsp3) is 0.273. The van der Waals surface area contributed by atoms with Crippen LogP contribution in [-0.4, -0.2) is 27.0 Å². The molecule has 82 valence electrons. The Balaban J connectivity index is 2.60. The molecular formula is C11H13N5. The van der Waals surface area contributed by atoms with E-state index in [-0.39, 0.29) is 0 Å². The Hall–Kier alpha value is -2.04. The van der Waals surface area contributed by atoms with Crippen molar-refractivity contribution in [2.75, 3.05) is 12.4 Å². The fourth-order valence-corrected chi connectivity index (χ4v) is 1.40. The molecule has 0 saturated heterocycles. The van der Waals surface area contributed by atoms with Gasteiger partial charge >= 0.3 is 0 Å². The number of aromatic nitrogens is 4. The van der Waals surface area contributed by atoms with Crippen molar-refractivity contribution in [3.8, 4) is 11.3 Å². The molecule has 1 N–H and O–H groups in total. The highest BCUT2D eigenvalue weighted by Crippen LogP contribution is 2.23. The third-order valence-electron chi connectivity index (χ3n) is 2.38. The smallest absolute Gasteiger partial charge is 0.152 e. The van der Waals surface area contributed by atoms with Gasteiger partial charge in [-0.3, -0.25) is 0 Å². The van der Waals surface area contributed by atoms with Crippen LogP contribution >= 0.6 is 0 Å². The summed E-state index contributed by atoms with van der Waals surface area (Å²) in [6.45, 7) is 3.88. The molecule has 0 aliphatic heterocycles. The van der Waals surface area contributed by atoms with E-state index in [1.54, 1.807) is 12.4 Å². The topological polar surface area (TPSA) is 63.6 Å². The van der Waals surface area contributed by atoms with Gasteiger partial charge in [-0.05, 0) is 13.8 Å².